The molecule has 0 unspecified atom stereocenters. The summed E-state index contributed by atoms with van der Waals surface area (Å²) in [6.07, 6.45) is 18.8. The molecule has 0 saturated carbocycles. The van der Waals surface area contributed by atoms with Gasteiger partial charge in [-0.2, -0.15) is 0 Å². The predicted octanol–water partition coefficient (Wildman–Crippen LogP) is 2.40. The second-order valence-corrected chi connectivity index (χ2v) is 10.2. The van der Waals surface area contributed by atoms with Gasteiger partial charge in [-0.25, -0.2) is 18.4 Å². The van der Waals surface area contributed by atoms with Gasteiger partial charge in [0, 0.05) is 6.42 Å². The van der Waals surface area contributed by atoms with E-state index in [2.05, 4.69) is 16.9 Å². The molecule has 1 heterocycles. The van der Waals surface area contributed by atoms with Gasteiger partial charge in [-0.15, -0.1) is 0 Å². The maximum Gasteiger partial charge on any atom is 1.00 e. The van der Waals surface area contributed by atoms with Crippen LogP contribution in [0, 0.1) is 0 Å². The average molecular weight is 459 g/mol. The summed E-state index contributed by atoms with van der Waals surface area (Å²) in [6, 6.07) is 6.97. The van der Waals surface area contributed by atoms with Crippen molar-refractivity contribution in [3.63, 3.8) is 0 Å². The minimum Gasteiger partial charge on any atom is -0.745 e. The first-order valence-electron chi connectivity index (χ1n) is 12.0. The maximum atomic E-state index is 11.9. The summed E-state index contributed by atoms with van der Waals surface area (Å²) in [4.78, 5) is 6.53. The first-order chi connectivity index (χ1) is 14.5. The van der Waals surface area contributed by atoms with Gasteiger partial charge in [0.25, 0.3) is 0 Å². The fourth-order valence-corrected chi connectivity index (χ4v) is 4.94. The molecule has 0 aliphatic carbocycles. The molecule has 1 aliphatic heterocycles. The van der Waals surface area contributed by atoms with E-state index in [4.69, 9.17) is 0 Å². The van der Waals surface area contributed by atoms with Gasteiger partial charge in [0.05, 0.1) is 10.7 Å². The molecule has 0 atom stereocenters. The van der Waals surface area contributed by atoms with Gasteiger partial charge >= 0.3 is 29.6 Å². The van der Waals surface area contributed by atoms with Crippen LogP contribution in [0.15, 0.2) is 34.3 Å². The van der Waals surface area contributed by atoms with Crippen molar-refractivity contribution in [2.45, 2.75) is 115 Å². The minimum atomic E-state index is -4.63. The molecule has 0 amide bonds. The summed E-state index contributed by atoms with van der Waals surface area (Å²) in [5.74, 6) is 0. The third-order valence-electron chi connectivity index (χ3n) is 5.98. The Balaban J connectivity index is 0.00000480. The number of para-hydroxylation sites is 2. The van der Waals surface area contributed by atoms with Crippen LogP contribution >= 0.6 is 0 Å². The summed E-state index contributed by atoms with van der Waals surface area (Å²) in [5.41, 5.74) is 0. The van der Waals surface area contributed by atoms with E-state index < -0.39 is 15.1 Å². The molecule has 1 aliphatic rings. The van der Waals surface area contributed by atoms with Crippen molar-refractivity contribution in [2.24, 2.45) is 9.98 Å². The Morgan fingerprint density at radius 2 is 1.06 bits per heavy atom. The molecule has 31 heavy (non-hydrogen) atoms. The molecule has 1 aromatic carbocycles. The maximum absolute atomic E-state index is 11.9. The zero-order valence-electron chi connectivity index (χ0n) is 19.7. The molecule has 7 heteroatoms. The van der Waals surface area contributed by atoms with E-state index in [1.807, 2.05) is 0 Å². The van der Waals surface area contributed by atoms with E-state index in [-0.39, 0.29) is 36.0 Å². The molecule has 0 spiro atoms. The summed E-state index contributed by atoms with van der Waals surface area (Å²) in [5, 5.41) is 0.996. The van der Waals surface area contributed by atoms with Crippen molar-refractivity contribution in [1.29, 1.82) is 0 Å². The Morgan fingerprint density at radius 3 is 1.42 bits per heavy atom. The number of rotatable bonds is 17. The zero-order valence-corrected chi connectivity index (χ0v) is 22.5. The predicted molar refractivity (Wildman–Crippen MR) is 121 cm³/mol. The molecule has 0 fully saturated rings. The number of hydrogen-bond donors (Lipinski definition) is 0. The number of nitrogens with zero attached hydrogens (tertiary/aromatic N) is 2. The Labute approximate surface area is 211 Å². The summed E-state index contributed by atoms with van der Waals surface area (Å²) >= 11 is 0. The third kappa shape index (κ3) is 10.0. The van der Waals surface area contributed by atoms with Gasteiger partial charge in [0.15, 0.2) is 0 Å². The van der Waals surface area contributed by atoms with Crippen LogP contribution in [0.2, 0.25) is 0 Å². The molecule has 0 radical (unpaired) electrons. The summed E-state index contributed by atoms with van der Waals surface area (Å²) in [6.45, 7) is 2.26. The van der Waals surface area contributed by atoms with E-state index >= 15 is 0 Å². The quantitative estimate of drug-likeness (QED) is 0.204. The van der Waals surface area contributed by atoms with E-state index in [0.29, 0.717) is 17.1 Å². The molecule has 0 N–H and O–H groups in total. The van der Waals surface area contributed by atoms with Crippen molar-refractivity contribution in [3.8, 4) is 0 Å². The van der Waals surface area contributed by atoms with E-state index in [9.17, 15) is 13.0 Å². The fraction of sp³-hybridized carbons (Fsp3) is 0.750. The van der Waals surface area contributed by atoms with Gasteiger partial charge in [-0.05, 0) is 18.6 Å². The fourth-order valence-electron chi connectivity index (χ4n) is 4.13. The standard InChI is InChI=1S/C24H40N2O3S.Na/c1-2-3-4-5-6-7-8-9-10-11-12-13-14-15-18-21-24(30(27,28)29)25-22-19-16-17-20-23(22)26-24;/h16-17,19-20H,2-15,18,21H2,1H3,(H,27,28,29);/q;+1/p-1. The largest absolute Gasteiger partial charge is 1.00 e. The molecule has 2 rings (SSSR count). The van der Waals surface area contributed by atoms with Crippen LogP contribution < -0.4 is 40.3 Å². The van der Waals surface area contributed by atoms with E-state index in [1.54, 1.807) is 24.3 Å². The van der Waals surface area contributed by atoms with Crippen molar-refractivity contribution in [2.75, 3.05) is 0 Å². The number of fused-ring (bicyclic) bond motifs is 1. The smallest absolute Gasteiger partial charge is 0.745 e. The first-order valence-corrected chi connectivity index (χ1v) is 13.4. The van der Waals surface area contributed by atoms with Crippen molar-refractivity contribution in [1.82, 2.24) is 0 Å². The molecule has 5 nitrogen and oxygen atoms in total. The summed E-state index contributed by atoms with van der Waals surface area (Å²) in [7, 11) is -4.63. The van der Waals surface area contributed by atoms with Crippen LogP contribution in [0.1, 0.15) is 110 Å². The van der Waals surface area contributed by atoms with Crippen LogP contribution in [0.3, 0.4) is 0 Å². The topological polar surface area (TPSA) is 81.9 Å². The van der Waals surface area contributed by atoms with Crippen LogP contribution in [-0.2, 0) is 10.1 Å². The van der Waals surface area contributed by atoms with Crippen molar-refractivity contribution in [3.05, 3.63) is 35.0 Å². The molecule has 1 aromatic rings. The molecular weight excluding hydrogens is 419 g/mol. The van der Waals surface area contributed by atoms with E-state index in [0.717, 1.165) is 12.8 Å². The van der Waals surface area contributed by atoms with Crippen LogP contribution in [0.5, 0.6) is 0 Å². The first kappa shape index (κ1) is 28.8. The molecule has 0 aromatic heterocycles. The number of unbranched alkanes of at least 4 members (excludes halogenated alkanes) is 14. The van der Waals surface area contributed by atoms with Gasteiger partial charge in [-0.1, -0.05) is 109 Å². The van der Waals surface area contributed by atoms with Gasteiger partial charge in [0.1, 0.15) is 10.1 Å². The molecule has 0 saturated heterocycles. The zero-order chi connectivity index (χ0) is 21.7. The minimum absolute atomic E-state index is 0. The second-order valence-electron chi connectivity index (χ2n) is 8.61. The Kier molecular flexibility index (Phi) is 14.4. The monoisotopic (exact) mass is 458 g/mol. The summed E-state index contributed by atoms with van der Waals surface area (Å²) < 4.78 is 35.6. The average Bonchev–Trinajstić information content (AvgIpc) is 3.11. The molecule has 0 bridgehead atoms. The molecular formula is C24H39N2NaO3S. The molecule has 170 valence electrons. The third-order valence-corrected chi connectivity index (χ3v) is 7.17. The van der Waals surface area contributed by atoms with Gasteiger partial charge in [0.2, 0.25) is 4.99 Å². The van der Waals surface area contributed by atoms with Crippen molar-refractivity contribution >= 4 is 10.1 Å². The normalized spacial score (nSPS) is 14.4. The van der Waals surface area contributed by atoms with E-state index in [1.165, 1.54) is 77.0 Å². The van der Waals surface area contributed by atoms with Crippen molar-refractivity contribution < 1.29 is 42.5 Å². The van der Waals surface area contributed by atoms with Gasteiger partial charge in [-0.3, -0.25) is 0 Å². The number of hydrogen-bond acceptors (Lipinski definition) is 5. The van der Waals surface area contributed by atoms with Crippen LogP contribution in [-0.4, -0.2) is 18.0 Å². The Hall–Kier alpha value is -0.270. The van der Waals surface area contributed by atoms with Crippen LogP contribution in [0.25, 0.3) is 0 Å². The van der Waals surface area contributed by atoms with Gasteiger partial charge < -0.3 is 4.55 Å². The second kappa shape index (κ2) is 15.5. The Bertz CT molecular complexity index is 808. The Morgan fingerprint density at radius 1 is 0.710 bits per heavy atom. The van der Waals surface area contributed by atoms with Crippen LogP contribution in [0.4, 0.5) is 0 Å². The number of benzene rings is 1. The SMILES string of the molecule is CCCCCCCCCCCCCCCCCC1(S(=O)(=O)[O-])N=c2ccccc2=N1.[Na+].